The molecule has 1 aromatic carbocycles. The zero-order chi connectivity index (χ0) is 9.54. The first kappa shape index (κ1) is 7.94. The number of fused-ring (bicyclic) bond motifs is 1. The van der Waals surface area contributed by atoms with E-state index in [1.165, 1.54) is 10.9 Å². The van der Waals surface area contributed by atoms with Crippen LogP contribution in [-0.4, -0.2) is 11.6 Å². The molecule has 14 heavy (non-hydrogen) atoms. The van der Waals surface area contributed by atoms with E-state index in [4.69, 9.17) is 4.74 Å². The number of hydrogen-bond donors (Lipinski definition) is 0. The summed E-state index contributed by atoms with van der Waals surface area (Å²) in [6.45, 7) is 2.86. The van der Waals surface area contributed by atoms with Crippen molar-refractivity contribution >= 4 is 10.9 Å². The highest BCUT2D eigenvalue weighted by molar-refractivity contribution is 5.82. The fraction of sp³-hybridized carbons (Fsp3) is 0.250. The fourth-order valence-electron chi connectivity index (χ4n) is 1.76. The number of rotatable bonds is 1. The van der Waals surface area contributed by atoms with Crippen molar-refractivity contribution in [3.8, 4) is 0 Å². The van der Waals surface area contributed by atoms with Gasteiger partial charge in [-0.3, -0.25) is 4.98 Å². The summed E-state index contributed by atoms with van der Waals surface area (Å²) < 4.78 is 5.30. The lowest BCUT2D eigenvalue weighted by Gasteiger charge is -2.03. The highest BCUT2D eigenvalue weighted by Gasteiger charge is 2.26. The molecule has 1 fully saturated rings. The number of para-hydroxylation sites is 1. The Morgan fingerprint density at radius 2 is 2.14 bits per heavy atom. The summed E-state index contributed by atoms with van der Waals surface area (Å²) >= 11 is 0. The summed E-state index contributed by atoms with van der Waals surface area (Å²) in [4.78, 5) is 4.56. The van der Waals surface area contributed by atoms with Gasteiger partial charge < -0.3 is 4.74 Å². The molecule has 1 unspecified atom stereocenters. The van der Waals surface area contributed by atoms with Gasteiger partial charge in [-0.15, -0.1) is 0 Å². The van der Waals surface area contributed by atoms with Gasteiger partial charge in [0.25, 0.3) is 0 Å². The Kier molecular flexibility index (Phi) is 1.58. The van der Waals surface area contributed by atoms with Gasteiger partial charge in [-0.2, -0.15) is 0 Å². The lowest BCUT2D eigenvalue weighted by Crippen LogP contribution is -1.89. The monoisotopic (exact) mass is 185 g/mol. The summed E-state index contributed by atoms with van der Waals surface area (Å²) in [5.74, 6) is 0. The predicted octanol–water partition coefficient (Wildman–Crippen LogP) is 2.61. The molecule has 0 radical (unpaired) electrons. The number of hydrogen-bond acceptors (Lipinski definition) is 2. The van der Waals surface area contributed by atoms with Gasteiger partial charge in [0.15, 0.2) is 0 Å². The normalized spacial score (nSPS) is 19.9. The molecule has 0 bridgehead atoms. The van der Waals surface area contributed by atoms with Crippen LogP contribution in [0.5, 0.6) is 0 Å². The molecule has 0 amide bonds. The van der Waals surface area contributed by atoms with Crippen LogP contribution in [0.15, 0.2) is 30.3 Å². The third-order valence-electron chi connectivity index (χ3n) is 2.57. The summed E-state index contributed by atoms with van der Waals surface area (Å²) in [6.07, 6.45) is 0.285. The van der Waals surface area contributed by atoms with Crippen LogP contribution >= 0.6 is 0 Å². The van der Waals surface area contributed by atoms with Crippen molar-refractivity contribution in [3.63, 3.8) is 0 Å². The van der Waals surface area contributed by atoms with E-state index in [1.54, 1.807) is 0 Å². The van der Waals surface area contributed by atoms with E-state index in [0.29, 0.717) is 0 Å². The molecular weight excluding hydrogens is 174 g/mol. The van der Waals surface area contributed by atoms with E-state index in [9.17, 15) is 0 Å². The zero-order valence-electron chi connectivity index (χ0n) is 8.03. The topological polar surface area (TPSA) is 25.4 Å². The Morgan fingerprint density at radius 1 is 1.29 bits per heavy atom. The first-order valence-electron chi connectivity index (χ1n) is 4.82. The van der Waals surface area contributed by atoms with Gasteiger partial charge in [-0.1, -0.05) is 24.3 Å². The van der Waals surface area contributed by atoms with Crippen LogP contribution in [0, 0.1) is 6.92 Å². The van der Waals surface area contributed by atoms with Gasteiger partial charge >= 0.3 is 0 Å². The van der Waals surface area contributed by atoms with Crippen LogP contribution in [0.2, 0.25) is 0 Å². The van der Waals surface area contributed by atoms with Gasteiger partial charge in [0, 0.05) is 16.6 Å². The minimum atomic E-state index is 0.285. The van der Waals surface area contributed by atoms with Crippen molar-refractivity contribution in [2.75, 3.05) is 6.61 Å². The molecule has 1 saturated heterocycles. The Labute approximate surface area is 82.5 Å². The Bertz CT molecular complexity index is 489. The minimum Gasteiger partial charge on any atom is -0.368 e. The smallest absolute Gasteiger partial charge is 0.108 e. The maximum Gasteiger partial charge on any atom is 0.108 e. The molecule has 1 aliphatic rings. The second-order valence-corrected chi connectivity index (χ2v) is 3.69. The first-order valence-corrected chi connectivity index (χ1v) is 4.82. The van der Waals surface area contributed by atoms with E-state index in [-0.39, 0.29) is 6.10 Å². The Balaban J connectivity index is 2.32. The van der Waals surface area contributed by atoms with Crippen LogP contribution in [0.3, 0.4) is 0 Å². The van der Waals surface area contributed by atoms with Crippen LogP contribution in [0.4, 0.5) is 0 Å². The third kappa shape index (κ3) is 1.19. The van der Waals surface area contributed by atoms with Crippen molar-refractivity contribution in [2.45, 2.75) is 13.0 Å². The molecule has 0 saturated carbocycles. The van der Waals surface area contributed by atoms with Gasteiger partial charge in [0.2, 0.25) is 0 Å². The lowest BCUT2D eigenvalue weighted by molar-refractivity contribution is 0.416. The Hall–Kier alpha value is -1.41. The fourth-order valence-corrected chi connectivity index (χ4v) is 1.76. The molecular formula is C12H11NO. The van der Waals surface area contributed by atoms with Gasteiger partial charge in [0.1, 0.15) is 6.10 Å². The van der Waals surface area contributed by atoms with Gasteiger partial charge in [0.05, 0.1) is 12.1 Å². The van der Waals surface area contributed by atoms with Crippen LogP contribution in [-0.2, 0) is 4.74 Å². The predicted molar refractivity (Wildman–Crippen MR) is 55.2 cm³/mol. The molecule has 3 rings (SSSR count). The molecule has 2 heterocycles. The van der Waals surface area contributed by atoms with Crippen molar-refractivity contribution < 1.29 is 4.74 Å². The van der Waals surface area contributed by atoms with E-state index in [1.807, 2.05) is 13.0 Å². The SMILES string of the molecule is Cc1ccc2cccc(C3CO3)c2n1. The van der Waals surface area contributed by atoms with Crippen LogP contribution in [0.25, 0.3) is 10.9 Å². The quantitative estimate of drug-likeness (QED) is 0.638. The second-order valence-electron chi connectivity index (χ2n) is 3.69. The van der Waals surface area contributed by atoms with Gasteiger partial charge in [-0.25, -0.2) is 0 Å². The average Bonchev–Trinajstić information content (AvgIpc) is 3.00. The highest BCUT2D eigenvalue weighted by Crippen LogP contribution is 2.33. The molecule has 0 aliphatic carbocycles. The average molecular weight is 185 g/mol. The maximum atomic E-state index is 5.30. The first-order chi connectivity index (χ1) is 6.84. The van der Waals surface area contributed by atoms with Crippen molar-refractivity contribution in [1.29, 1.82) is 0 Å². The molecule has 1 aliphatic heterocycles. The summed E-state index contributed by atoms with van der Waals surface area (Å²) in [7, 11) is 0. The zero-order valence-corrected chi connectivity index (χ0v) is 8.03. The number of aromatic nitrogens is 1. The number of epoxide rings is 1. The van der Waals surface area contributed by atoms with Gasteiger partial charge in [-0.05, 0) is 13.0 Å². The molecule has 70 valence electrons. The third-order valence-corrected chi connectivity index (χ3v) is 2.57. The molecule has 1 aromatic heterocycles. The lowest BCUT2D eigenvalue weighted by atomic mass is 10.1. The Morgan fingerprint density at radius 3 is 2.93 bits per heavy atom. The number of pyridine rings is 1. The molecule has 2 aromatic rings. The standard InChI is InChI=1S/C12H11NO/c1-8-5-6-9-3-2-4-10(11-7-14-11)12(9)13-8/h2-6,11H,7H2,1H3. The number of benzene rings is 1. The molecule has 0 N–H and O–H groups in total. The van der Waals surface area contributed by atoms with Crippen molar-refractivity contribution in [1.82, 2.24) is 4.98 Å². The number of nitrogens with zero attached hydrogens (tertiary/aromatic N) is 1. The summed E-state index contributed by atoms with van der Waals surface area (Å²) in [5, 5.41) is 1.20. The van der Waals surface area contributed by atoms with E-state index in [2.05, 4.69) is 29.2 Å². The van der Waals surface area contributed by atoms with E-state index in [0.717, 1.165) is 17.8 Å². The van der Waals surface area contributed by atoms with Crippen LogP contribution in [0.1, 0.15) is 17.4 Å². The summed E-state index contributed by atoms with van der Waals surface area (Å²) in [5.41, 5.74) is 3.38. The number of aryl methyl sites for hydroxylation is 1. The van der Waals surface area contributed by atoms with E-state index < -0.39 is 0 Å². The van der Waals surface area contributed by atoms with Crippen LogP contribution < -0.4 is 0 Å². The second kappa shape index (κ2) is 2.79. The summed E-state index contributed by atoms with van der Waals surface area (Å²) in [6, 6.07) is 10.4. The van der Waals surface area contributed by atoms with Crippen molar-refractivity contribution in [3.05, 3.63) is 41.6 Å². The maximum absolute atomic E-state index is 5.30. The largest absolute Gasteiger partial charge is 0.368 e. The highest BCUT2D eigenvalue weighted by atomic mass is 16.6. The van der Waals surface area contributed by atoms with E-state index >= 15 is 0 Å². The molecule has 2 nitrogen and oxygen atoms in total. The molecule has 0 spiro atoms. The number of ether oxygens (including phenoxy) is 1. The molecule has 1 atom stereocenters. The minimum absolute atomic E-state index is 0.285. The van der Waals surface area contributed by atoms with Crippen molar-refractivity contribution in [2.24, 2.45) is 0 Å². The molecule has 2 heteroatoms.